The molecule has 3 N–H and O–H groups in total. The average molecular weight is 347 g/mol. The molecule has 0 saturated heterocycles. The number of hydrogen-bond donors (Lipinski definition) is 3. The molecule has 0 spiro atoms. The van der Waals surface area contributed by atoms with Crippen molar-refractivity contribution in [3.63, 3.8) is 0 Å². The molecule has 0 fully saturated rings. The number of halogens is 2. The highest BCUT2D eigenvalue weighted by molar-refractivity contribution is 7.80. The summed E-state index contributed by atoms with van der Waals surface area (Å²) in [7, 11) is 0. The molecule has 1 heterocycles. The van der Waals surface area contributed by atoms with Gasteiger partial charge in [-0.3, -0.25) is 15.8 Å². The third-order valence-corrected chi connectivity index (χ3v) is 3.56. The van der Waals surface area contributed by atoms with Gasteiger partial charge in [-0.2, -0.15) is 0 Å². The lowest BCUT2D eigenvalue weighted by atomic mass is 10.2. The predicted octanol–water partition coefficient (Wildman–Crippen LogP) is 4.34. The monoisotopic (exact) mass is 346 g/mol. The number of aromatic nitrogens is 1. The van der Waals surface area contributed by atoms with Gasteiger partial charge < -0.3 is 5.32 Å². The Morgan fingerprint density at radius 2 is 1.87 bits per heavy atom. The second-order valence-corrected chi connectivity index (χ2v) is 5.58. The number of rotatable bonds is 3. The first-order valence-corrected chi connectivity index (χ1v) is 7.53. The zero-order valence-electron chi connectivity index (χ0n) is 11.8. The number of anilines is 2. The molecule has 0 atom stereocenters. The van der Waals surface area contributed by atoms with Crippen molar-refractivity contribution in [1.29, 1.82) is 0 Å². The summed E-state index contributed by atoms with van der Waals surface area (Å²) in [5.74, 6) is -0.297. The molecule has 0 aliphatic rings. The molecule has 4 nitrogen and oxygen atoms in total. The number of benzene rings is 2. The summed E-state index contributed by atoms with van der Waals surface area (Å²) in [6.07, 6.45) is 1.68. The van der Waals surface area contributed by atoms with E-state index in [0.717, 1.165) is 16.6 Å². The lowest BCUT2D eigenvalue weighted by Gasteiger charge is -2.14. The molecule has 23 heavy (non-hydrogen) atoms. The van der Waals surface area contributed by atoms with Gasteiger partial charge in [-0.1, -0.05) is 11.6 Å². The van der Waals surface area contributed by atoms with E-state index in [1.165, 1.54) is 12.1 Å². The third-order valence-electron chi connectivity index (χ3n) is 3.12. The largest absolute Gasteiger partial charge is 0.331 e. The van der Waals surface area contributed by atoms with Crippen molar-refractivity contribution < 1.29 is 4.39 Å². The minimum atomic E-state index is -0.297. The summed E-state index contributed by atoms with van der Waals surface area (Å²) in [6.45, 7) is 0. The van der Waals surface area contributed by atoms with Gasteiger partial charge in [0.25, 0.3) is 0 Å². The van der Waals surface area contributed by atoms with Crippen molar-refractivity contribution in [2.45, 2.75) is 0 Å². The third kappa shape index (κ3) is 3.85. The van der Waals surface area contributed by atoms with Gasteiger partial charge in [0.15, 0.2) is 5.11 Å². The van der Waals surface area contributed by atoms with Crippen LogP contribution in [0, 0.1) is 5.82 Å². The van der Waals surface area contributed by atoms with Crippen LogP contribution in [0.25, 0.3) is 10.9 Å². The Labute approximate surface area is 142 Å². The second kappa shape index (κ2) is 6.76. The maximum absolute atomic E-state index is 12.9. The molecule has 2 aromatic carbocycles. The van der Waals surface area contributed by atoms with Crippen molar-refractivity contribution in [3.05, 3.63) is 65.6 Å². The fourth-order valence-electron chi connectivity index (χ4n) is 2.05. The minimum absolute atomic E-state index is 0.297. The number of fused-ring (bicyclic) bond motifs is 1. The van der Waals surface area contributed by atoms with Gasteiger partial charge >= 0.3 is 0 Å². The predicted molar refractivity (Wildman–Crippen MR) is 96.1 cm³/mol. The number of thiocarbonyl (C=S) groups is 1. The SMILES string of the molecule is Fc1ccc(NC(=S)NNc2ccnc3cc(Cl)ccc23)cc1. The van der Waals surface area contributed by atoms with Crippen LogP contribution < -0.4 is 16.2 Å². The van der Waals surface area contributed by atoms with E-state index in [4.69, 9.17) is 23.8 Å². The quantitative estimate of drug-likeness (QED) is 0.486. The van der Waals surface area contributed by atoms with Crippen LogP contribution in [0.3, 0.4) is 0 Å². The van der Waals surface area contributed by atoms with E-state index in [2.05, 4.69) is 21.2 Å². The lowest BCUT2D eigenvalue weighted by molar-refractivity contribution is 0.628. The van der Waals surface area contributed by atoms with E-state index in [0.29, 0.717) is 15.8 Å². The number of hydrogen-bond acceptors (Lipinski definition) is 3. The zero-order chi connectivity index (χ0) is 16.2. The van der Waals surface area contributed by atoms with Crippen LogP contribution in [0.4, 0.5) is 15.8 Å². The van der Waals surface area contributed by atoms with E-state index < -0.39 is 0 Å². The van der Waals surface area contributed by atoms with Crippen molar-refractivity contribution in [2.75, 3.05) is 10.7 Å². The first-order valence-electron chi connectivity index (χ1n) is 6.75. The van der Waals surface area contributed by atoms with Crippen LogP contribution >= 0.6 is 23.8 Å². The number of hydrazine groups is 1. The van der Waals surface area contributed by atoms with Crippen LogP contribution in [-0.2, 0) is 0 Å². The summed E-state index contributed by atoms with van der Waals surface area (Å²) < 4.78 is 12.9. The molecular formula is C16H12ClFN4S. The molecule has 0 aliphatic heterocycles. The number of pyridine rings is 1. The van der Waals surface area contributed by atoms with Crippen LogP contribution in [-0.4, -0.2) is 10.1 Å². The molecule has 3 rings (SSSR count). The molecule has 1 aromatic heterocycles. The fraction of sp³-hybridized carbons (Fsp3) is 0. The van der Waals surface area contributed by atoms with E-state index >= 15 is 0 Å². The van der Waals surface area contributed by atoms with Crippen molar-refractivity contribution in [2.24, 2.45) is 0 Å². The van der Waals surface area contributed by atoms with Crippen LogP contribution in [0.15, 0.2) is 54.7 Å². The van der Waals surface area contributed by atoms with Gasteiger partial charge in [-0.25, -0.2) is 4.39 Å². The molecule has 0 bridgehead atoms. The molecular weight excluding hydrogens is 335 g/mol. The molecule has 0 aliphatic carbocycles. The Hall–Kier alpha value is -2.44. The summed E-state index contributed by atoms with van der Waals surface area (Å²) >= 11 is 11.2. The maximum Gasteiger partial charge on any atom is 0.189 e. The van der Waals surface area contributed by atoms with E-state index in [1.54, 1.807) is 30.5 Å². The molecule has 0 amide bonds. The smallest absolute Gasteiger partial charge is 0.189 e. The number of nitrogens with one attached hydrogen (secondary N) is 3. The topological polar surface area (TPSA) is 49.0 Å². The molecule has 0 radical (unpaired) electrons. The summed E-state index contributed by atoms with van der Waals surface area (Å²) in [4.78, 5) is 4.27. The normalized spacial score (nSPS) is 10.3. The molecule has 0 saturated carbocycles. The van der Waals surface area contributed by atoms with Crippen LogP contribution in [0.1, 0.15) is 0 Å². The van der Waals surface area contributed by atoms with E-state index in [9.17, 15) is 4.39 Å². The van der Waals surface area contributed by atoms with E-state index in [-0.39, 0.29) is 5.82 Å². The average Bonchev–Trinajstić information content (AvgIpc) is 2.54. The summed E-state index contributed by atoms with van der Waals surface area (Å²) in [5, 5.41) is 4.85. The first-order chi connectivity index (χ1) is 11.1. The molecule has 116 valence electrons. The standard InChI is InChI=1S/C16H12ClFN4S/c17-10-1-6-13-14(7-8-19-15(13)9-10)21-22-16(23)20-12-4-2-11(18)3-5-12/h1-9H,(H,19,21)(H2,20,22,23). The van der Waals surface area contributed by atoms with Crippen molar-refractivity contribution in [3.8, 4) is 0 Å². The first kappa shape index (κ1) is 15.5. The molecule has 3 aromatic rings. The molecule has 7 heteroatoms. The van der Waals surface area contributed by atoms with Crippen LogP contribution in [0.5, 0.6) is 0 Å². The Bertz CT molecular complexity index is 854. The fourth-order valence-corrected chi connectivity index (χ4v) is 2.39. The minimum Gasteiger partial charge on any atom is -0.331 e. The van der Waals surface area contributed by atoms with Gasteiger partial charge in [-0.15, -0.1) is 0 Å². The number of nitrogens with zero attached hydrogens (tertiary/aromatic N) is 1. The van der Waals surface area contributed by atoms with Gasteiger partial charge in [-0.05, 0) is 60.7 Å². The maximum atomic E-state index is 12.9. The Kier molecular flexibility index (Phi) is 4.55. The zero-order valence-corrected chi connectivity index (χ0v) is 13.4. The van der Waals surface area contributed by atoms with Gasteiger partial charge in [0.05, 0.1) is 11.2 Å². The van der Waals surface area contributed by atoms with Gasteiger partial charge in [0, 0.05) is 22.3 Å². The Morgan fingerprint density at radius 3 is 2.65 bits per heavy atom. The Balaban J connectivity index is 1.68. The summed E-state index contributed by atoms with van der Waals surface area (Å²) in [6, 6.07) is 13.2. The van der Waals surface area contributed by atoms with Gasteiger partial charge in [0.1, 0.15) is 5.82 Å². The highest BCUT2D eigenvalue weighted by atomic mass is 35.5. The van der Waals surface area contributed by atoms with Crippen molar-refractivity contribution in [1.82, 2.24) is 10.4 Å². The van der Waals surface area contributed by atoms with E-state index in [1.807, 2.05) is 12.1 Å². The lowest BCUT2D eigenvalue weighted by Crippen LogP contribution is -2.33. The highest BCUT2D eigenvalue weighted by Crippen LogP contribution is 2.23. The van der Waals surface area contributed by atoms with Crippen molar-refractivity contribution >= 4 is 51.2 Å². The second-order valence-electron chi connectivity index (χ2n) is 4.73. The van der Waals surface area contributed by atoms with Gasteiger partial charge in [0.2, 0.25) is 0 Å². The Morgan fingerprint density at radius 1 is 1.09 bits per heavy atom. The summed E-state index contributed by atoms with van der Waals surface area (Å²) in [5.41, 5.74) is 8.20. The van der Waals surface area contributed by atoms with Crippen LogP contribution in [0.2, 0.25) is 5.02 Å². The highest BCUT2D eigenvalue weighted by Gasteiger charge is 2.03. The molecule has 0 unspecified atom stereocenters.